The van der Waals surface area contributed by atoms with Crippen LogP contribution in [0.2, 0.25) is 0 Å². The molecule has 0 fully saturated rings. The van der Waals surface area contributed by atoms with Gasteiger partial charge in [0.05, 0.1) is 5.69 Å². The molecule has 0 aliphatic carbocycles. The summed E-state index contributed by atoms with van der Waals surface area (Å²) >= 11 is 0. The second-order valence-corrected chi connectivity index (χ2v) is 3.73. The highest BCUT2D eigenvalue weighted by Crippen LogP contribution is 2.28. The SMILES string of the molecule is Cn1cc(-c2cc(N)n[nH]2)c2cccnc21. The number of aryl methyl sites for hydroxylation is 1. The predicted molar refractivity (Wildman–Crippen MR) is 62.7 cm³/mol. The molecule has 3 heterocycles. The minimum Gasteiger partial charge on any atom is -0.382 e. The molecule has 0 bridgehead atoms. The van der Waals surface area contributed by atoms with Gasteiger partial charge >= 0.3 is 0 Å². The smallest absolute Gasteiger partial charge is 0.145 e. The van der Waals surface area contributed by atoms with Crippen LogP contribution in [0.1, 0.15) is 0 Å². The lowest BCUT2D eigenvalue weighted by molar-refractivity contribution is 0.948. The molecule has 3 aromatic heterocycles. The topological polar surface area (TPSA) is 72.5 Å². The van der Waals surface area contributed by atoms with E-state index in [9.17, 15) is 0 Å². The number of nitrogen functional groups attached to an aromatic ring is 1. The molecule has 3 rings (SSSR count). The van der Waals surface area contributed by atoms with Gasteiger partial charge in [-0.05, 0) is 12.1 Å². The Morgan fingerprint density at radius 2 is 2.31 bits per heavy atom. The van der Waals surface area contributed by atoms with E-state index in [1.807, 2.05) is 36.0 Å². The number of nitrogens with one attached hydrogen (secondary N) is 1. The van der Waals surface area contributed by atoms with Crippen LogP contribution in [0.25, 0.3) is 22.3 Å². The number of hydrogen-bond donors (Lipinski definition) is 2. The maximum absolute atomic E-state index is 5.60. The first-order chi connectivity index (χ1) is 7.75. The second-order valence-electron chi connectivity index (χ2n) is 3.73. The van der Waals surface area contributed by atoms with Gasteiger partial charge in [0.25, 0.3) is 0 Å². The quantitative estimate of drug-likeness (QED) is 0.644. The van der Waals surface area contributed by atoms with Crippen LogP contribution in [-0.4, -0.2) is 19.7 Å². The Bertz CT molecular complexity index is 649. The van der Waals surface area contributed by atoms with E-state index in [0.717, 1.165) is 22.3 Å². The van der Waals surface area contributed by atoms with Gasteiger partial charge in [-0.2, -0.15) is 5.10 Å². The highest BCUT2D eigenvalue weighted by atomic mass is 15.2. The van der Waals surface area contributed by atoms with Crippen LogP contribution >= 0.6 is 0 Å². The van der Waals surface area contributed by atoms with E-state index in [0.29, 0.717) is 5.82 Å². The molecule has 0 radical (unpaired) electrons. The van der Waals surface area contributed by atoms with Crippen molar-refractivity contribution in [2.45, 2.75) is 0 Å². The monoisotopic (exact) mass is 213 g/mol. The van der Waals surface area contributed by atoms with Gasteiger partial charge in [-0.15, -0.1) is 0 Å². The van der Waals surface area contributed by atoms with Gasteiger partial charge in [0.15, 0.2) is 0 Å². The van der Waals surface area contributed by atoms with Crippen LogP contribution in [0.4, 0.5) is 5.82 Å². The zero-order chi connectivity index (χ0) is 11.1. The van der Waals surface area contributed by atoms with Crippen molar-refractivity contribution in [2.24, 2.45) is 7.05 Å². The molecule has 80 valence electrons. The maximum Gasteiger partial charge on any atom is 0.145 e. The maximum atomic E-state index is 5.60. The van der Waals surface area contributed by atoms with Crippen LogP contribution in [0, 0.1) is 0 Å². The third kappa shape index (κ3) is 1.18. The first-order valence-corrected chi connectivity index (χ1v) is 4.97. The molecule has 0 saturated carbocycles. The van der Waals surface area contributed by atoms with E-state index in [4.69, 9.17) is 5.73 Å². The van der Waals surface area contributed by atoms with Gasteiger partial charge in [0.1, 0.15) is 11.5 Å². The van der Waals surface area contributed by atoms with Gasteiger partial charge < -0.3 is 10.3 Å². The zero-order valence-electron chi connectivity index (χ0n) is 8.81. The standard InChI is InChI=1S/C11H11N5/c1-16-6-8(9-5-10(12)15-14-9)7-3-2-4-13-11(7)16/h2-6H,1H3,(H3,12,14,15). The van der Waals surface area contributed by atoms with Crippen molar-refractivity contribution >= 4 is 16.9 Å². The molecule has 0 amide bonds. The number of fused-ring (bicyclic) bond motifs is 1. The van der Waals surface area contributed by atoms with Crippen LogP contribution < -0.4 is 5.73 Å². The second kappa shape index (κ2) is 3.10. The first-order valence-electron chi connectivity index (χ1n) is 4.97. The summed E-state index contributed by atoms with van der Waals surface area (Å²) in [5.74, 6) is 0.496. The summed E-state index contributed by atoms with van der Waals surface area (Å²) in [4.78, 5) is 4.33. The molecule has 0 aliphatic heterocycles. The summed E-state index contributed by atoms with van der Waals surface area (Å²) in [5, 5.41) is 7.93. The number of nitrogens with zero attached hydrogens (tertiary/aromatic N) is 3. The minimum absolute atomic E-state index is 0.496. The summed E-state index contributed by atoms with van der Waals surface area (Å²) in [6.45, 7) is 0. The lowest BCUT2D eigenvalue weighted by Crippen LogP contribution is -1.85. The van der Waals surface area contributed by atoms with Gasteiger partial charge in [0.2, 0.25) is 0 Å². The Hall–Kier alpha value is -2.30. The average molecular weight is 213 g/mol. The summed E-state index contributed by atoms with van der Waals surface area (Å²) in [6, 6.07) is 5.78. The Morgan fingerprint density at radius 3 is 3.06 bits per heavy atom. The van der Waals surface area contributed by atoms with E-state index >= 15 is 0 Å². The average Bonchev–Trinajstić information content (AvgIpc) is 2.84. The van der Waals surface area contributed by atoms with E-state index in [2.05, 4.69) is 15.2 Å². The van der Waals surface area contributed by atoms with Crippen LogP contribution in [-0.2, 0) is 7.05 Å². The molecule has 0 atom stereocenters. The highest BCUT2D eigenvalue weighted by molar-refractivity contribution is 5.93. The third-order valence-corrected chi connectivity index (χ3v) is 2.62. The van der Waals surface area contributed by atoms with Gasteiger partial charge in [0, 0.05) is 36.5 Å². The Balaban J connectivity index is 2.32. The molecule has 5 nitrogen and oxygen atoms in total. The number of nitrogens with two attached hydrogens (primary N) is 1. The normalized spacial score (nSPS) is 11.1. The zero-order valence-corrected chi connectivity index (χ0v) is 8.81. The van der Waals surface area contributed by atoms with Crippen LogP contribution in [0.3, 0.4) is 0 Å². The molecule has 0 unspecified atom stereocenters. The molecule has 0 spiro atoms. The Labute approximate surface area is 91.9 Å². The molecular formula is C11H11N5. The van der Waals surface area contributed by atoms with Crippen molar-refractivity contribution in [1.29, 1.82) is 0 Å². The van der Waals surface area contributed by atoms with Crippen molar-refractivity contribution in [3.63, 3.8) is 0 Å². The fraction of sp³-hybridized carbons (Fsp3) is 0.0909. The lowest BCUT2D eigenvalue weighted by Gasteiger charge is -1.93. The van der Waals surface area contributed by atoms with Gasteiger partial charge in [-0.25, -0.2) is 4.98 Å². The molecule has 5 heteroatoms. The van der Waals surface area contributed by atoms with Crippen LogP contribution in [0.5, 0.6) is 0 Å². The Morgan fingerprint density at radius 1 is 1.44 bits per heavy atom. The van der Waals surface area contributed by atoms with E-state index in [1.54, 1.807) is 6.20 Å². The van der Waals surface area contributed by atoms with Gasteiger partial charge in [-0.3, -0.25) is 5.10 Å². The van der Waals surface area contributed by atoms with E-state index in [-0.39, 0.29) is 0 Å². The lowest BCUT2D eigenvalue weighted by atomic mass is 10.1. The third-order valence-electron chi connectivity index (χ3n) is 2.62. The fourth-order valence-electron chi connectivity index (χ4n) is 1.90. The number of rotatable bonds is 1. The number of H-pyrrole nitrogens is 1. The number of hydrogen-bond acceptors (Lipinski definition) is 3. The minimum atomic E-state index is 0.496. The molecule has 3 aromatic rings. The van der Waals surface area contributed by atoms with Crippen molar-refractivity contribution in [2.75, 3.05) is 5.73 Å². The Kier molecular flexibility index (Phi) is 1.73. The largest absolute Gasteiger partial charge is 0.382 e. The van der Waals surface area contributed by atoms with E-state index in [1.165, 1.54) is 0 Å². The summed E-state index contributed by atoms with van der Waals surface area (Å²) in [7, 11) is 1.97. The van der Waals surface area contributed by atoms with Crippen LogP contribution in [0.15, 0.2) is 30.6 Å². The molecular weight excluding hydrogens is 202 g/mol. The summed E-state index contributed by atoms with van der Waals surface area (Å²) < 4.78 is 1.99. The fourth-order valence-corrected chi connectivity index (χ4v) is 1.90. The number of pyridine rings is 1. The van der Waals surface area contributed by atoms with Gasteiger partial charge in [-0.1, -0.05) is 0 Å². The number of aromatic amines is 1. The molecule has 0 aliphatic rings. The molecule has 0 saturated heterocycles. The highest BCUT2D eigenvalue weighted by Gasteiger charge is 2.10. The summed E-state index contributed by atoms with van der Waals surface area (Å²) in [5.41, 5.74) is 8.53. The number of aromatic nitrogens is 4. The molecule has 0 aromatic carbocycles. The van der Waals surface area contributed by atoms with Crippen molar-refractivity contribution in [1.82, 2.24) is 19.7 Å². The van der Waals surface area contributed by atoms with E-state index < -0.39 is 0 Å². The summed E-state index contributed by atoms with van der Waals surface area (Å²) in [6.07, 6.45) is 3.80. The predicted octanol–water partition coefficient (Wildman–Crippen LogP) is 1.55. The first kappa shape index (κ1) is 8.96. The molecule has 16 heavy (non-hydrogen) atoms. The molecule has 3 N–H and O–H groups in total. The van der Waals surface area contributed by atoms with Crippen molar-refractivity contribution in [3.05, 3.63) is 30.6 Å². The van der Waals surface area contributed by atoms with Crippen molar-refractivity contribution < 1.29 is 0 Å². The van der Waals surface area contributed by atoms with Crippen molar-refractivity contribution in [3.8, 4) is 11.3 Å². The number of anilines is 1.